The molecule has 0 spiro atoms. The summed E-state index contributed by atoms with van der Waals surface area (Å²) in [6.45, 7) is 0. The summed E-state index contributed by atoms with van der Waals surface area (Å²) in [5.41, 5.74) is 4.78. The molecular formula is C23H28BrN5O6. The first-order valence-corrected chi connectivity index (χ1v) is 12.7. The number of carboxylic acids is 1. The molecule has 0 unspecified atom stereocenters. The molecule has 2 aromatic rings. The number of aromatic nitrogens is 3. The molecule has 1 amide bonds. The molecule has 4 bridgehead atoms. The van der Waals surface area contributed by atoms with Crippen LogP contribution in [0.3, 0.4) is 0 Å². The fourth-order valence-electron chi connectivity index (χ4n) is 8.04. The van der Waals surface area contributed by atoms with Crippen LogP contribution in [0.5, 0.6) is 0 Å². The lowest BCUT2D eigenvalue weighted by Crippen LogP contribution is -2.56. The summed E-state index contributed by atoms with van der Waals surface area (Å²) in [5, 5.41) is 40.3. The molecule has 7 rings (SSSR count). The molecule has 1 aliphatic heterocycles. The second-order valence-corrected chi connectivity index (χ2v) is 12.0. The highest BCUT2D eigenvalue weighted by Gasteiger charge is 2.62. The zero-order valence-corrected chi connectivity index (χ0v) is 20.5. The fourth-order valence-corrected chi connectivity index (χ4v) is 8.62. The third kappa shape index (κ3) is 3.33. The van der Waals surface area contributed by atoms with Gasteiger partial charge in [-0.1, -0.05) is 0 Å². The largest absolute Gasteiger partial charge is 0.481 e. The average molecular weight is 550 g/mol. The van der Waals surface area contributed by atoms with Gasteiger partial charge in [-0.2, -0.15) is 0 Å². The highest BCUT2D eigenvalue weighted by Crippen LogP contribution is 2.67. The number of ether oxygens (including phenoxy) is 1. The number of aliphatic hydroxyl groups is 2. The van der Waals surface area contributed by atoms with E-state index in [1.165, 1.54) is 10.9 Å². The van der Waals surface area contributed by atoms with Crippen molar-refractivity contribution < 1.29 is 29.6 Å². The zero-order chi connectivity index (χ0) is 24.9. The number of H-pyrrole nitrogens is 1. The molecule has 11 nitrogen and oxygen atoms in total. The standard InChI is InChI=1S/C23H28BrN5O6/c24-16-12(18(26)32)13-17(25)27-8-29(19(13)28-16)20-15(31)14(30)11(35-20)6-22-2-9-1-10(3-22)5-23(4-9,7-22)21(33)34/h8-11,14-15,20,25,28,30-31H,1-7H2,(H2,26,32)(H,33,34)/t9-,10-,11-,14+,15-,20-,22?,23?/m0/s1. The Morgan fingerprint density at radius 1 is 1.26 bits per heavy atom. The van der Waals surface area contributed by atoms with E-state index >= 15 is 0 Å². The Kier molecular flexibility index (Phi) is 5.03. The molecule has 0 aromatic carbocycles. The molecule has 7 N–H and O–H groups in total. The number of fused-ring (bicyclic) bond motifs is 1. The van der Waals surface area contributed by atoms with Crippen molar-refractivity contribution in [2.75, 3.05) is 0 Å². The van der Waals surface area contributed by atoms with Gasteiger partial charge in [-0.3, -0.25) is 19.6 Å². The van der Waals surface area contributed by atoms with Crippen molar-refractivity contribution >= 4 is 38.8 Å². The van der Waals surface area contributed by atoms with Crippen LogP contribution in [0.15, 0.2) is 10.9 Å². The third-order valence-corrected chi connectivity index (χ3v) is 9.46. The number of amides is 1. The quantitative estimate of drug-likeness (QED) is 0.324. The number of hydrogen-bond donors (Lipinski definition) is 6. The number of aliphatic hydroxyl groups excluding tert-OH is 2. The molecule has 3 heterocycles. The van der Waals surface area contributed by atoms with Crippen molar-refractivity contribution in [2.45, 2.75) is 69.5 Å². The van der Waals surface area contributed by atoms with E-state index in [2.05, 4.69) is 25.9 Å². The van der Waals surface area contributed by atoms with Crippen LogP contribution in [0.2, 0.25) is 0 Å². The van der Waals surface area contributed by atoms with Gasteiger partial charge >= 0.3 is 5.97 Å². The van der Waals surface area contributed by atoms with Crippen LogP contribution in [-0.4, -0.2) is 60.0 Å². The van der Waals surface area contributed by atoms with Crippen LogP contribution in [0, 0.1) is 28.1 Å². The SMILES string of the molecule is N=c1ncn([C@H]2O[C@@H](CC34C[C@@H]5C[C@@H](C3)CC(C(=O)O)(C5)C4)[C@@H](O)[C@@H]2O)c2[nH]c(Br)c(C(N)=O)c12. The number of nitrogens with zero attached hydrogens (tertiary/aromatic N) is 2. The van der Waals surface area contributed by atoms with Crippen molar-refractivity contribution in [2.24, 2.45) is 28.4 Å². The molecule has 35 heavy (non-hydrogen) atoms. The number of nitrogens with two attached hydrogens (primary N) is 1. The van der Waals surface area contributed by atoms with Crippen LogP contribution < -0.4 is 11.2 Å². The summed E-state index contributed by atoms with van der Waals surface area (Å²) < 4.78 is 7.98. The smallest absolute Gasteiger partial charge is 0.309 e. The Bertz CT molecular complexity index is 1290. The fraction of sp³-hybridized carbons (Fsp3) is 0.652. The van der Waals surface area contributed by atoms with Gasteiger partial charge in [0.2, 0.25) is 0 Å². The van der Waals surface area contributed by atoms with Gasteiger partial charge in [0.1, 0.15) is 24.2 Å². The maximum atomic E-state index is 12.2. The minimum atomic E-state index is -1.28. The monoisotopic (exact) mass is 549 g/mol. The van der Waals surface area contributed by atoms with Gasteiger partial charge in [-0.15, -0.1) is 0 Å². The number of carbonyl (C=O) groups excluding carboxylic acids is 1. The topological polar surface area (TPSA) is 188 Å². The lowest BCUT2D eigenvalue weighted by Gasteiger charge is -2.61. The molecule has 5 aliphatic rings. The minimum Gasteiger partial charge on any atom is -0.481 e. The van der Waals surface area contributed by atoms with Crippen LogP contribution in [0.1, 0.15) is 61.5 Å². The van der Waals surface area contributed by atoms with E-state index < -0.39 is 41.8 Å². The Morgan fingerprint density at radius 2 is 1.94 bits per heavy atom. The Balaban J connectivity index is 1.32. The Labute approximate surface area is 208 Å². The normalized spacial score (nSPS) is 40.0. The number of hydrogen-bond acceptors (Lipinski definition) is 7. The summed E-state index contributed by atoms with van der Waals surface area (Å²) in [6, 6.07) is 0. The van der Waals surface area contributed by atoms with Crippen molar-refractivity contribution in [3.8, 4) is 0 Å². The summed E-state index contributed by atoms with van der Waals surface area (Å²) in [5.74, 6) is -0.712. The lowest BCUT2D eigenvalue weighted by atomic mass is 9.43. The van der Waals surface area contributed by atoms with E-state index in [9.17, 15) is 24.9 Å². The van der Waals surface area contributed by atoms with Crippen LogP contribution in [0.25, 0.3) is 11.0 Å². The van der Waals surface area contributed by atoms with E-state index in [1.54, 1.807) is 0 Å². The van der Waals surface area contributed by atoms with E-state index in [0.29, 0.717) is 30.3 Å². The van der Waals surface area contributed by atoms with Gasteiger partial charge in [0.25, 0.3) is 5.91 Å². The molecule has 188 valence electrons. The van der Waals surface area contributed by atoms with Crippen LogP contribution >= 0.6 is 15.9 Å². The number of carbonyl (C=O) groups is 2. The van der Waals surface area contributed by atoms with Gasteiger partial charge in [0.05, 0.1) is 27.1 Å². The number of carboxylic acid groups (broad SMARTS) is 1. The van der Waals surface area contributed by atoms with Crippen molar-refractivity contribution in [3.63, 3.8) is 0 Å². The third-order valence-electron chi connectivity index (χ3n) is 8.87. The number of aromatic amines is 1. The van der Waals surface area contributed by atoms with Gasteiger partial charge < -0.3 is 30.8 Å². The number of rotatable bonds is 5. The van der Waals surface area contributed by atoms with Gasteiger partial charge in [-0.05, 0) is 78.1 Å². The predicted octanol–water partition coefficient (Wildman–Crippen LogP) is 1.39. The molecular weight excluding hydrogens is 522 g/mol. The number of halogens is 1. The second-order valence-electron chi connectivity index (χ2n) is 11.2. The van der Waals surface area contributed by atoms with Crippen molar-refractivity contribution in [1.82, 2.24) is 14.5 Å². The lowest BCUT2D eigenvalue weighted by molar-refractivity contribution is -0.180. The maximum absolute atomic E-state index is 12.2. The first-order valence-electron chi connectivity index (χ1n) is 11.9. The summed E-state index contributed by atoms with van der Waals surface area (Å²) >= 11 is 3.27. The van der Waals surface area contributed by atoms with E-state index in [4.69, 9.17) is 15.9 Å². The number of nitrogens with one attached hydrogen (secondary N) is 2. The number of primary amides is 1. The number of aliphatic carboxylic acids is 1. The van der Waals surface area contributed by atoms with E-state index in [0.717, 1.165) is 32.1 Å². The first kappa shape index (κ1) is 23.1. The zero-order valence-electron chi connectivity index (χ0n) is 18.9. The molecule has 4 aliphatic carbocycles. The molecule has 4 saturated carbocycles. The molecule has 1 saturated heterocycles. The van der Waals surface area contributed by atoms with Gasteiger partial charge in [0.15, 0.2) is 11.7 Å². The predicted molar refractivity (Wildman–Crippen MR) is 124 cm³/mol. The highest BCUT2D eigenvalue weighted by molar-refractivity contribution is 9.10. The summed E-state index contributed by atoms with van der Waals surface area (Å²) in [7, 11) is 0. The molecule has 0 radical (unpaired) electrons. The van der Waals surface area contributed by atoms with Crippen LogP contribution in [-0.2, 0) is 9.53 Å². The molecule has 5 fully saturated rings. The molecule has 2 aromatic heterocycles. The summed E-state index contributed by atoms with van der Waals surface area (Å²) in [4.78, 5) is 31.2. The first-order chi connectivity index (χ1) is 16.5. The highest BCUT2D eigenvalue weighted by atomic mass is 79.9. The molecule has 6 atom stereocenters. The van der Waals surface area contributed by atoms with E-state index in [1.807, 2.05) is 0 Å². The summed E-state index contributed by atoms with van der Waals surface area (Å²) in [6.07, 6.45) is 2.56. The van der Waals surface area contributed by atoms with Crippen LogP contribution in [0.4, 0.5) is 0 Å². The van der Waals surface area contributed by atoms with Gasteiger partial charge in [-0.25, -0.2) is 4.98 Å². The van der Waals surface area contributed by atoms with E-state index in [-0.39, 0.29) is 26.5 Å². The minimum absolute atomic E-state index is 0.0731. The van der Waals surface area contributed by atoms with Crippen molar-refractivity contribution in [3.05, 3.63) is 22.0 Å². The Morgan fingerprint density at radius 3 is 2.57 bits per heavy atom. The van der Waals surface area contributed by atoms with Gasteiger partial charge in [0, 0.05) is 0 Å². The Hall–Kier alpha value is -2.28. The second kappa shape index (κ2) is 7.61. The average Bonchev–Trinajstić information content (AvgIpc) is 3.25. The van der Waals surface area contributed by atoms with Crippen molar-refractivity contribution in [1.29, 1.82) is 5.41 Å². The molecule has 12 heteroatoms. The maximum Gasteiger partial charge on any atom is 0.309 e.